The number of nitro benzene ring substituents is 1. The normalized spacial score (nSPS) is 13.1. The molecule has 1 aliphatic rings. The first-order valence-electron chi connectivity index (χ1n) is 14.8. The summed E-state index contributed by atoms with van der Waals surface area (Å²) in [7, 11) is 0. The zero-order valence-corrected chi connectivity index (χ0v) is 28.8. The first-order chi connectivity index (χ1) is 22.3. The van der Waals surface area contributed by atoms with Crippen molar-refractivity contribution in [2.24, 2.45) is 4.99 Å². The summed E-state index contributed by atoms with van der Waals surface area (Å²) in [6.07, 6.45) is 2.27. The molecule has 1 N–H and O–H groups in total. The molecular formula is C33H34BrCl2FN6O4. The van der Waals surface area contributed by atoms with Crippen LogP contribution in [-0.2, 0) is 13.0 Å². The van der Waals surface area contributed by atoms with Crippen molar-refractivity contribution < 1.29 is 18.8 Å². The van der Waals surface area contributed by atoms with Crippen molar-refractivity contribution in [1.29, 1.82) is 0 Å². The Balaban J connectivity index is 0.00000500. The van der Waals surface area contributed by atoms with Gasteiger partial charge in [-0.2, -0.15) is 0 Å². The molecule has 0 bridgehead atoms. The Hall–Kier alpha value is -4.13. The molecule has 0 saturated carbocycles. The largest absolute Gasteiger partial charge is 0.487 e. The Morgan fingerprint density at radius 1 is 1.04 bits per heavy atom. The van der Waals surface area contributed by atoms with Crippen LogP contribution >= 0.6 is 40.2 Å². The van der Waals surface area contributed by atoms with Gasteiger partial charge in [-0.15, -0.1) is 17.0 Å². The maximum atomic E-state index is 13.8. The van der Waals surface area contributed by atoms with Gasteiger partial charge in [0.15, 0.2) is 11.7 Å². The minimum atomic E-state index is -0.435. The van der Waals surface area contributed by atoms with Crippen molar-refractivity contribution in [1.82, 2.24) is 15.2 Å². The highest BCUT2D eigenvalue weighted by atomic mass is 79.9. The number of nitrogens with zero attached hydrogens (tertiary/aromatic N) is 5. The topological polar surface area (TPSA) is 105 Å². The van der Waals surface area contributed by atoms with Crippen LogP contribution in [0.3, 0.4) is 0 Å². The van der Waals surface area contributed by atoms with Gasteiger partial charge in [-0.05, 0) is 55.3 Å². The van der Waals surface area contributed by atoms with Gasteiger partial charge in [-0.25, -0.2) is 14.4 Å². The van der Waals surface area contributed by atoms with Crippen molar-refractivity contribution >= 4 is 57.5 Å². The number of nitrogens with one attached hydrogen (secondary N) is 1. The maximum absolute atomic E-state index is 13.8. The fourth-order valence-electron chi connectivity index (χ4n) is 5.04. The van der Waals surface area contributed by atoms with Gasteiger partial charge in [0.2, 0.25) is 5.88 Å². The highest BCUT2D eigenvalue weighted by molar-refractivity contribution is 8.93. The summed E-state index contributed by atoms with van der Waals surface area (Å²) in [6.45, 7) is 5.58. The Bertz CT molecular complexity index is 1710. The second-order valence-electron chi connectivity index (χ2n) is 10.4. The SMILES string of the molecule is Br.CCOc1cc(N2CCN(C(=NCc3cccnc3Oc3cccc(F)c3)NCCc3ccc(Cl)cc3Cl)CC2)ccc1[N+](=O)[O-]. The molecule has 1 aromatic heterocycles. The van der Waals surface area contributed by atoms with Crippen LogP contribution in [0.2, 0.25) is 10.0 Å². The summed E-state index contributed by atoms with van der Waals surface area (Å²) < 4.78 is 25.2. The molecule has 1 fully saturated rings. The Morgan fingerprint density at radius 2 is 1.85 bits per heavy atom. The number of hydrogen-bond donors (Lipinski definition) is 1. The third-order valence-electron chi connectivity index (χ3n) is 7.34. The average Bonchev–Trinajstić information content (AvgIpc) is 3.04. The molecule has 0 amide bonds. The number of anilines is 1. The number of nitro groups is 1. The van der Waals surface area contributed by atoms with Gasteiger partial charge < -0.3 is 24.6 Å². The van der Waals surface area contributed by atoms with E-state index in [1.165, 1.54) is 18.2 Å². The molecule has 47 heavy (non-hydrogen) atoms. The number of aliphatic imine (C=N–C) groups is 1. The van der Waals surface area contributed by atoms with E-state index in [1.54, 1.807) is 49.5 Å². The van der Waals surface area contributed by atoms with Crippen LogP contribution in [0.5, 0.6) is 17.4 Å². The Kier molecular flexibility index (Phi) is 13.0. The fraction of sp³-hybridized carbons (Fsp3) is 0.273. The van der Waals surface area contributed by atoms with E-state index < -0.39 is 10.7 Å². The number of piperazine rings is 1. The Morgan fingerprint density at radius 3 is 2.57 bits per heavy atom. The van der Waals surface area contributed by atoms with Crippen LogP contribution in [-0.4, -0.2) is 60.1 Å². The van der Waals surface area contributed by atoms with E-state index in [0.29, 0.717) is 73.4 Å². The number of benzene rings is 3. The highest BCUT2D eigenvalue weighted by Crippen LogP contribution is 2.32. The molecule has 0 aliphatic carbocycles. The first kappa shape index (κ1) is 35.7. The number of ether oxygens (including phenoxy) is 2. The minimum Gasteiger partial charge on any atom is -0.487 e. The molecule has 0 radical (unpaired) electrons. The summed E-state index contributed by atoms with van der Waals surface area (Å²) >= 11 is 12.5. The van der Waals surface area contributed by atoms with Crippen LogP contribution in [0.25, 0.3) is 0 Å². The number of hydrogen-bond acceptors (Lipinski definition) is 7. The molecule has 3 aromatic carbocycles. The van der Waals surface area contributed by atoms with Crippen molar-refractivity contribution in [2.75, 3.05) is 44.2 Å². The summed E-state index contributed by atoms with van der Waals surface area (Å²) in [5.41, 5.74) is 2.50. The average molecular weight is 748 g/mol. The van der Waals surface area contributed by atoms with E-state index in [1.807, 2.05) is 18.2 Å². The first-order valence-corrected chi connectivity index (χ1v) is 15.6. The second kappa shape index (κ2) is 17.1. The smallest absolute Gasteiger partial charge is 0.311 e. The number of rotatable bonds is 11. The van der Waals surface area contributed by atoms with E-state index in [0.717, 1.165) is 16.8 Å². The van der Waals surface area contributed by atoms with Crippen molar-refractivity contribution in [3.8, 4) is 17.4 Å². The van der Waals surface area contributed by atoms with Crippen LogP contribution in [0, 0.1) is 15.9 Å². The summed E-state index contributed by atoms with van der Waals surface area (Å²) in [6, 6.07) is 20.0. The quantitative estimate of drug-likeness (QED) is 0.0720. The maximum Gasteiger partial charge on any atom is 0.311 e. The standard InChI is InChI=1S/C33H33Cl2FN6O4.BrH/c1-2-45-31-21-27(10-11-30(31)42(43)44)40-15-17-41(18-16-40)33(38-14-12-23-8-9-25(34)19-29(23)35)39-22-24-5-4-13-37-32(24)46-28-7-3-6-26(36)20-28;/h3-11,13,19-21H,2,12,14-18,22H2,1H3,(H,38,39);1H. The van der Waals surface area contributed by atoms with Gasteiger partial charge >= 0.3 is 5.69 Å². The summed E-state index contributed by atoms with van der Waals surface area (Å²) in [4.78, 5) is 24.6. The lowest BCUT2D eigenvalue weighted by Crippen LogP contribution is -2.52. The monoisotopic (exact) mass is 746 g/mol. The van der Waals surface area contributed by atoms with Gasteiger partial charge in [0, 0.05) is 78.4 Å². The van der Waals surface area contributed by atoms with Gasteiger partial charge in [0.05, 0.1) is 18.1 Å². The van der Waals surface area contributed by atoms with Gasteiger partial charge in [-0.3, -0.25) is 10.1 Å². The van der Waals surface area contributed by atoms with Crippen molar-refractivity contribution in [3.63, 3.8) is 0 Å². The molecule has 4 aromatic rings. The molecule has 0 spiro atoms. The van der Waals surface area contributed by atoms with E-state index in [-0.39, 0.29) is 35.0 Å². The lowest BCUT2D eigenvalue weighted by atomic mass is 10.1. The molecular weight excluding hydrogens is 714 g/mol. The minimum absolute atomic E-state index is 0. The molecule has 10 nitrogen and oxygen atoms in total. The van der Waals surface area contributed by atoms with E-state index in [9.17, 15) is 14.5 Å². The highest BCUT2D eigenvalue weighted by Gasteiger charge is 2.23. The van der Waals surface area contributed by atoms with Crippen LogP contribution in [0.1, 0.15) is 18.1 Å². The number of halogens is 4. The molecule has 0 atom stereocenters. The zero-order chi connectivity index (χ0) is 32.5. The van der Waals surface area contributed by atoms with Crippen LogP contribution in [0.4, 0.5) is 15.8 Å². The zero-order valence-electron chi connectivity index (χ0n) is 25.6. The summed E-state index contributed by atoms with van der Waals surface area (Å²) in [5, 5.41) is 16.1. The lowest BCUT2D eigenvalue weighted by molar-refractivity contribution is -0.385. The summed E-state index contributed by atoms with van der Waals surface area (Å²) in [5.74, 6) is 1.24. The molecule has 5 rings (SSSR count). The van der Waals surface area contributed by atoms with Crippen molar-refractivity contribution in [3.05, 3.63) is 116 Å². The molecule has 248 valence electrons. The van der Waals surface area contributed by atoms with Gasteiger partial charge in [0.1, 0.15) is 11.6 Å². The molecule has 1 saturated heterocycles. The Labute approximate surface area is 293 Å². The predicted octanol–water partition coefficient (Wildman–Crippen LogP) is 7.72. The van der Waals surface area contributed by atoms with Gasteiger partial charge in [-0.1, -0.05) is 41.4 Å². The van der Waals surface area contributed by atoms with E-state index in [2.05, 4.69) is 20.1 Å². The second-order valence-corrected chi connectivity index (χ2v) is 11.2. The number of pyridine rings is 1. The predicted molar refractivity (Wildman–Crippen MR) is 188 cm³/mol. The fourth-order valence-corrected chi connectivity index (χ4v) is 5.54. The number of guanidine groups is 1. The van der Waals surface area contributed by atoms with E-state index in [4.69, 9.17) is 37.7 Å². The molecule has 0 unspecified atom stereocenters. The van der Waals surface area contributed by atoms with Gasteiger partial charge in [0.25, 0.3) is 0 Å². The third-order valence-corrected chi connectivity index (χ3v) is 7.92. The molecule has 2 heterocycles. The van der Waals surface area contributed by atoms with E-state index >= 15 is 0 Å². The molecule has 14 heteroatoms. The number of aromatic nitrogens is 1. The lowest BCUT2D eigenvalue weighted by Gasteiger charge is -2.38. The molecule has 1 aliphatic heterocycles. The van der Waals surface area contributed by atoms with Crippen LogP contribution < -0.4 is 19.7 Å². The van der Waals surface area contributed by atoms with Crippen LogP contribution in [0.15, 0.2) is 84.0 Å². The van der Waals surface area contributed by atoms with Crippen molar-refractivity contribution in [2.45, 2.75) is 19.9 Å². The third kappa shape index (κ3) is 9.69.